The van der Waals surface area contributed by atoms with Crippen LogP contribution in [0.2, 0.25) is 0 Å². The van der Waals surface area contributed by atoms with E-state index in [1.165, 1.54) is 0 Å². The number of rotatable bonds is 1. The van der Waals surface area contributed by atoms with Crippen LogP contribution in [0.25, 0.3) is 44.0 Å². The fourth-order valence-corrected chi connectivity index (χ4v) is 3.15. The number of fused-ring (bicyclic) bond motifs is 5. The molecule has 0 spiro atoms. The van der Waals surface area contributed by atoms with Crippen LogP contribution in [0.1, 0.15) is 0 Å². The predicted octanol–water partition coefficient (Wildman–Crippen LogP) is 5.20. The van der Waals surface area contributed by atoms with Crippen LogP contribution in [-0.2, 0) is 0 Å². The minimum Gasteiger partial charge on any atom is -0.455 e. The molecule has 0 saturated carbocycles. The molecule has 108 valence electrons. The van der Waals surface area contributed by atoms with E-state index in [9.17, 15) is 0 Å². The van der Waals surface area contributed by atoms with Gasteiger partial charge >= 0.3 is 0 Å². The summed E-state index contributed by atoms with van der Waals surface area (Å²) in [5.74, 6) is 0. The first-order valence-electron chi connectivity index (χ1n) is 7.51. The van der Waals surface area contributed by atoms with Gasteiger partial charge in [0.1, 0.15) is 11.2 Å². The van der Waals surface area contributed by atoms with E-state index in [1.54, 1.807) is 12.4 Å². The SMILES string of the molecule is c1ccc(-c2cccc3c2oc2c4ccncc4ccc32)nc1. The van der Waals surface area contributed by atoms with Crippen molar-refractivity contribution in [3.8, 4) is 11.3 Å². The highest BCUT2D eigenvalue weighted by atomic mass is 16.3. The van der Waals surface area contributed by atoms with Crippen molar-refractivity contribution in [2.45, 2.75) is 0 Å². The van der Waals surface area contributed by atoms with E-state index in [0.717, 1.165) is 44.0 Å². The molecule has 0 radical (unpaired) electrons. The molecule has 3 aromatic heterocycles. The number of furan rings is 1. The lowest BCUT2D eigenvalue weighted by Gasteiger charge is -2.00. The molecular weight excluding hydrogens is 284 g/mol. The Balaban J connectivity index is 1.95. The van der Waals surface area contributed by atoms with Gasteiger partial charge < -0.3 is 4.42 Å². The molecule has 5 rings (SSSR count). The highest BCUT2D eigenvalue weighted by molar-refractivity contribution is 6.16. The van der Waals surface area contributed by atoms with Gasteiger partial charge in [-0.15, -0.1) is 0 Å². The average molecular weight is 296 g/mol. The minimum atomic E-state index is 0.880. The van der Waals surface area contributed by atoms with Crippen LogP contribution in [0.5, 0.6) is 0 Å². The van der Waals surface area contributed by atoms with Crippen LogP contribution in [0.3, 0.4) is 0 Å². The second-order valence-corrected chi connectivity index (χ2v) is 5.54. The Morgan fingerprint density at radius 1 is 0.696 bits per heavy atom. The van der Waals surface area contributed by atoms with Crippen molar-refractivity contribution in [1.29, 1.82) is 0 Å². The summed E-state index contributed by atoms with van der Waals surface area (Å²) in [5.41, 5.74) is 3.72. The first-order chi connectivity index (χ1) is 11.4. The van der Waals surface area contributed by atoms with E-state index < -0.39 is 0 Å². The smallest absolute Gasteiger partial charge is 0.144 e. The third-order valence-corrected chi connectivity index (χ3v) is 4.22. The maximum Gasteiger partial charge on any atom is 0.144 e. The molecule has 0 fully saturated rings. The summed E-state index contributed by atoms with van der Waals surface area (Å²) in [6, 6.07) is 18.3. The zero-order chi connectivity index (χ0) is 15.2. The number of hydrogen-bond acceptors (Lipinski definition) is 3. The maximum atomic E-state index is 6.28. The second-order valence-electron chi connectivity index (χ2n) is 5.54. The Bertz CT molecular complexity index is 1160. The number of para-hydroxylation sites is 1. The number of pyridine rings is 2. The van der Waals surface area contributed by atoms with Crippen LogP contribution in [0, 0.1) is 0 Å². The first kappa shape index (κ1) is 12.4. The normalized spacial score (nSPS) is 11.5. The summed E-state index contributed by atoms with van der Waals surface area (Å²) < 4.78 is 6.28. The quantitative estimate of drug-likeness (QED) is 0.427. The van der Waals surface area contributed by atoms with Crippen molar-refractivity contribution in [2.24, 2.45) is 0 Å². The molecule has 0 aliphatic heterocycles. The standard InChI is InChI=1S/C20H12N2O/c1-2-10-22-18(6-1)17-5-3-4-15-16-8-7-13-12-21-11-9-14(13)19(16)23-20(15)17/h1-12H. The molecular formula is C20H12N2O. The van der Waals surface area contributed by atoms with Gasteiger partial charge in [0, 0.05) is 45.7 Å². The van der Waals surface area contributed by atoms with Crippen LogP contribution >= 0.6 is 0 Å². The van der Waals surface area contributed by atoms with E-state index in [1.807, 2.05) is 30.5 Å². The van der Waals surface area contributed by atoms with Crippen LogP contribution < -0.4 is 0 Å². The van der Waals surface area contributed by atoms with Crippen molar-refractivity contribution < 1.29 is 4.42 Å². The summed E-state index contributed by atoms with van der Waals surface area (Å²) in [6.07, 6.45) is 5.47. The zero-order valence-corrected chi connectivity index (χ0v) is 12.2. The summed E-state index contributed by atoms with van der Waals surface area (Å²) in [6.45, 7) is 0. The van der Waals surface area contributed by atoms with Crippen LogP contribution in [-0.4, -0.2) is 9.97 Å². The highest BCUT2D eigenvalue weighted by Crippen LogP contribution is 2.37. The van der Waals surface area contributed by atoms with Gasteiger partial charge in [0.15, 0.2) is 0 Å². The lowest BCUT2D eigenvalue weighted by Crippen LogP contribution is -1.81. The third-order valence-electron chi connectivity index (χ3n) is 4.22. The summed E-state index contributed by atoms with van der Waals surface area (Å²) in [5, 5.41) is 4.40. The Morgan fingerprint density at radius 3 is 2.57 bits per heavy atom. The van der Waals surface area contributed by atoms with E-state index in [-0.39, 0.29) is 0 Å². The van der Waals surface area contributed by atoms with Gasteiger partial charge in [-0.25, -0.2) is 0 Å². The van der Waals surface area contributed by atoms with Gasteiger partial charge in [-0.2, -0.15) is 0 Å². The molecule has 0 N–H and O–H groups in total. The van der Waals surface area contributed by atoms with Crippen molar-refractivity contribution in [3.05, 3.63) is 73.2 Å². The molecule has 0 amide bonds. The van der Waals surface area contributed by atoms with Crippen molar-refractivity contribution in [3.63, 3.8) is 0 Å². The number of aromatic nitrogens is 2. The molecule has 0 bridgehead atoms. The van der Waals surface area contributed by atoms with Gasteiger partial charge in [-0.3, -0.25) is 9.97 Å². The maximum absolute atomic E-state index is 6.28. The van der Waals surface area contributed by atoms with Crippen molar-refractivity contribution in [1.82, 2.24) is 9.97 Å². The Labute approximate surface area is 132 Å². The van der Waals surface area contributed by atoms with Gasteiger partial charge in [0.2, 0.25) is 0 Å². The summed E-state index contributed by atoms with van der Waals surface area (Å²) in [7, 11) is 0. The van der Waals surface area contributed by atoms with E-state index in [4.69, 9.17) is 4.42 Å². The fraction of sp³-hybridized carbons (Fsp3) is 0. The third kappa shape index (κ3) is 1.77. The minimum absolute atomic E-state index is 0.880. The molecule has 2 aromatic carbocycles. The molecule has 5 aromatic rings. The van der Waals surface area contributed by atoms with Gasteiger partial charge in [0.05, 0.1) is 5.69 Å². The average Bonchev–Trinajstić information content (AvgIpc) is 3.01. The molecule has 0 unspecified atom stereocenters. The zero-order valence-electron chi connectivity index (χ0n) is 12.2. The summed E-state index contributed by atoms with van der Waals surface area (Å²) in [4.78, 5) is 8.65. The number of benzene rings is 2. The van der Waals surface area contributed by atoms with Gasteiger partial charge in [-0.1, -0.05) is 24.3 Å². The second kappa shape index (κ2) is 4.65. The molecule has 0 atom stereocenters. The van der Waals surface area contributed by atoms with Gasteiger partial charge in [0.25, 0.3) is 0 Å². The molecule has 3 heteroatoms. The highest BCUT2D eigenvalue weighted by Gasteiger charge is 2.14. The van der Waals surface area contributed by atoms with Gasteiger partial charge in [-0.05, 0) is 30.3 Å². The first-order valence-corrected chi connectivity index (χ1v) is 7.51. The van der Waals surface area contributed by atoms with Crippen LogP contribution in [0.4, 0.5) is 0 Å². The Kier molecular flexibility index (Phi) is 2.50. The predicted molar refractivity (Wildman–Crippen MR) is 92.3 cm³/mol. The van der Waals surface area contributed by atoms with E-state index in [2.05, 4.69) is 40.3 Å². The fourth-order valence-electron chi connectivity index (χ4n) is 3.15. The molecule has 0 aliphatic rings. The topological polar surface area (TPSA) is 38.9 Å². The largest absolute Gasteiger partial charge is 0.455 e. The Morgan fingerprint density at radius 2 is 1.65 bits per heavy atom. The molecule has 3 heterocycles. The molecule has 0 aliphatic carbocycles. The monoisotopic (exact) mass is 296 g/mol. The lowest BCUT2D eigenvalue weighted by atomic mass is 10.0. The number of nitrogens with zero attached hydrogens (tertiary/aromatic N) is 2. The van der Waals surface area contributed by atoms with Crippen LogP contribution in [0.15, 0.2) is 77.6 Å². The van der Waals surface area contributed by atoms with E-state index in [0.29, 0.717) is 0 Å². The van der Waals surface area contributed by atoms with Crippen molar-refractivity contribution >= 4 is 32.7 Å². The van der Waals surface area contributed by atoms with E-state index >= 15 is 0 Å². The molecule has 23 heavy (non-hydrogen) atoms. The number of hydrogen-bond donors (Lipinski definition) is 0. The Hall–Kier alpha value is -3.20. The molecule has 0 saturated heterocycles. The molecule has 3 nitrogen and oxygen atoms in total. The lowest BCUT2D eigenvalue weighted by molar-refractivity contribution is 0.673. The summed E-state index contributed by atoms with van der Waals surface area (Å²) >= 11 is 0. The van der Waals surface area contributed by atoms with Crippen molar-refractivity contribution in [2.75, 3.05) is 0 Å².